The monoisotopic (exact) mass is 718 g/mol. The topological polar surface area (TPSA) is 44.5 Å². The highest BCUT2D eigenvalue weighted by Gasteiger charge is 2.21. The Morgan fingerprint density at radius 3 is 1.48 bits per heavy atom. The molecule has 0 radical (unpaired) electrons. The first-order valence-corrected chi connectivity index (χ1v) is 19.2. The predicted octanol–water partition coefficient (Wildman–Crippen LogP) is 12.0. The van der Waals surface area contributed by atoms with E-state index in [1.807, 2.05) is 24.5 Å². The van der Waals surface area contributed by atoms with Crippen molar-refractivity contribution in [2.75, 3.05) is 0 Å². The molecule has 0 fully saturated rings. The second kappa shape index (κ2) is 12.0. The van der Waals surface area contributed by atoms with Gasteiger partial charge in [-0.2, -0.15) is 0 Å². The lowest BCUT2D eigenvalue weighted by Gasteiger charge is -2.18. The molecule has 6 heterocycles. The Morgan fingerprint density at radius 2 is 0.929 bits per heavy atom. The number of benzene rings is 5. The molecule has 0 N–H and O–H groups in total. The fourth-order valence-electron chi connectivity index (χ4n) is 9.01. The number of para-hydroxylation sites is 3. The molecule has 6 aromatic heterocycles. The molecule has 0 aliphatic heterocycles. The molecule has 6 heteroatoms. The van der Waals surface area contributed by atoms with E-state index in [0.717, 1.165) is 68.9 Å². The van der Waals surface area contributed by atoms with Crippen molar-refractivity contribution >= 4 is 50.1 Å². The Hall–Kier alpha value is -7.44. The minimum atomic E-state index is 0.920. The average molecular weight is 719 g/mol. The molecule has 1 aliphatic carbocycles. The highest BCUT2D eigenvalue weighted by atomic mass is 15.0. The Bertz CT molecular complexity index is 3270. The molecule has 264 valence electrons. The molecule has 0 amide bonds. The van der Waals surface area contributed by atoms with Crippen molar-refractivity contribution in [3.63, 3.8) is 0 Å². The molecular weight excluding hydrogens is 685 g/mol. The van der Waals surface area contributed by atoms with E-state index in [0.29, 0.717) is 0 Å². The van der Waals surface area contributed by atoms with E-state index in [-0.39, 0.29) is 0 Å². The fourth-order valence-corrected chi connectivity index (χ4v) is 9.01. The molecule has 11 aromatic rings. The van der Waals surface area contributed by atoms with Crippen molar-refractivity contribution in [3.05, 3.63) is 188 Å². The molecule has 0 atom stereocenters. The minimum Gasteiger partial charge on any atom is -0.313 e. The van der Waals surface area contributed by atoms with E-state index < -0.39 is 0 Å². The Labute approximate surface area is 322 Å². The lowest BCUT2D eigenvalue weighted by atomic mass is 9.95. The third-order valence-corrected chi connectivity index (χ3v) is 11.5. The third kappa shape index (κ3) is 4.76. The number of aromatic nitrogens is 6. The first kappa shape index (κ1) is 31.0. The average Bonchev–Trinajstić information content (AvgIpc) is 4.04. The van der Waals surface area contributed by atoms with Crippen molar-refractivity contribution in [1.82, 2.24) is 27.9 Å². The number of fused-ring (bicyclic) bond motifs is 8. The van der Waals surface area contributed by atoms with Crippen LogP contribution in [0.2, 0.25) is 0 Å². The standard InChI is InChI=1S/C50H34N6/c1-5-15-45-41(11-1)42-12-2-6-16-46(42)55(45)39-25-33(23-35(27-39)37-29-49-51-19-9-21-53(49)31-37)34-24-36(38-30-50-52-20-10-22-54(50)32-38)28-40(26-34)56-47-17-7-3-13-43(47)44-14-4-8-18-48(44)56/h1-7,9-17,19-32H,8,18H2. The van der Waals surface area contributed by atoms with Gasteiger partial charge in [-0.3, -0.25) is 0 Å². The van der Waals surface area contributed by atoms with Crippen LogP contribution in [0.1, 0.15) is 17.7 Å². The van der Waals surface area contributed by atoms with E-state index in [4.69, 9.17) is 0 Å². The van der Waals surface area contributed by atoms with Crippen LogP contribution < -0.4 is 0 Å². The Balaban J connectivity index is 1.16. The summed E-state index contributed by atoms with van der Waals surface area (Å²) in [6.07, 6.45) is 18.9. The van der Waals surface area contributed by atoms with Gasteiger partial charge >= 0.3 is 0 Å². The quantitative estimate of drug-likeness (QED) is 0.178. The molecule has 56 heavy (non-hydrogen) atoms. The molecule has 5 aromatic carbocycles. The summed E-state index contributed by atoms with van der Waals surface area (Å²) in [7, 11) is 0. The van der Waals surface area contributed by atoms with Crippen molar-refractivity contribution in [3.8, 4) is 44.8 Å². The predicted molar refractivity (Wildman–Crippen MR) is 229 cm³/mol. The molecule has 6 nitrogen and oxygen atoms in total. The third-order valence-electron chi connectivity index (χ3n) is 11.5. The van der Waals surface area contributed by atoms with Crippen LogP contribution in [0.25, 0.3) is 94.8 Å². The van der Waals surface area contributed by atoms with Crippen molar-refractivity contribution in [1.29, 1.82) is 0 Å². The van der Waals surface area contributed by atoms with Gasteiger partial charge in [-0.15, -0.1) is 0 Å². The Morgan fingerprint density at radius 1 is 0.446 bits per heavy atom. The van der Waals surface area contributed by atoms with E-state index in [1.54, 1.807) is 0 Å². The molecule has 0 saturated carbocycles. The Kier molecular flexibility index (Phi) is 6.65. The minimum absolute atomic E-state index is 0.920. The maximum absolute atomic E-state index is 4.67. The van der Waals surface area contributed by atoms with E-state index in [2.05, 4.69) is 186 Å². The molecule has 12 rings (SSSR count). The number of hydrogen-bond acceptors (Lipinski definition) is 2. The summed E-state index contributed by atoms with van der Waals surface area (Å²) in [4.78, 5) is 9.34. The molecule has 0 saturated heterocycles. The van der Waals surface area contributed by atoms with Gasteiger partial charge in [0.05, 0.1) is 16.6 Å². The van der Waals surface area contributed by atoms with Crippen molar-refractivity contribution < 1.29 is 0 Å². The zero-order valence-electron chi connectivity index (χ0n) is 30.4. The summed E-state index contributed by atoms with van der Waals surface area (Å²) in [6.45, 7) is 0. The number of allylic oxidation sites excluding steroid dienone is 1. The first-order chi connectivity index (χ1) is 27.7. The van der Waals surface area contributed by atoms with E-state index in [1.165, 1.54) is 44.0 Å². The SMILES string of the molecule is C1=Cc2c(n(-c3cc(-c4cc(-c5cc6ncccn6c5)cc(-n5c6ccccc6c6ccccc65)c4)cc(-c4cc5ncccn5c4)c3)c3ccccc23)CC1. The molecule has 0 unspecified atom stereocenters. The molecule has 0 spiro atoms. The number of rotatable bonds is 5. The second-order valence-electron chi connectivity index (χ2n) is 14.8. The summed E-state index contributed by atoms with van der Waals surface area (Å²) < 4.78 is 9.12. The van der Waals surface area contributed by atoms with Gasteiger partial charge in [0.25, 0.3) is 0 Å². The zero-order valence-corrected chi connectivity index (χ0v) is 30.4. The second-order valence-corrected chi connectivity index (χ2v) is 14.8. The smallest absolute Gasteiger partial charge is 0.137 e. The van der Waals surface area contributed by atoms with Crippen LogP contribution in [0.5, 0.6) is 0 Å². The summed E-state index contributed by atoms with van der Waals surface area (Å²) in [6, 6.07) is 48.8. The fraction of sp³-hybridized carbons (Fsp3) is 0.0400. The summed E-state index contributed by atoms with van der Waals surface area (Å²) in [5.41, 5.74) is 17.2. The first-order valence-electron chi connectivity index (χ1n) is 19.2. The highest BCUT2D eigenvalue weighted by molar-refractivity contribution is 6.09. The van der Waals surface area contributed by atoms with Crippen molar-refractivity contribution in [2.45, 2.75) is 12.8 Å². The van der Waals surface area contributed by atoms with Crippen LogP contribution in [0.3, 0.4) is 0 Å². The molecular formula is C50H34N6. The lowest BCUT2D eigenvalue weighted by molar-refractivity contribution is 0.889. The van der Waals surface area contributed by atoms with Crippen molar-refractivity contribution in [2.24, 2.45) is 0 Å². The summed E-state index contributed by atoms with van der Waals surface area (Å²) in [5.74, 6) is 0. The van der Waals surface area contributed by atoms with Crippen LogP contribution in [0.15, 0.2) is 177 Å². The van der Waals surface area contributed by atoms with Gasteiger partial charge in [0.2, 0.25) is 0 Å². The summed E-state index contributed by atoms with van der Waals surface area (Å²) >= 11 is 0. The van der Waals surface area contributed by atoms with Gasteiger partial charge < -0.3 is 17.9 Å². The van der Waals surface area contributed by atoms with E-state index in [9.17, 15) is 0 Å². The number of nitrogens with zero attached hydrogens (tertiary/aromatic N) is 6. The zero-order chi connectivity index (χ0) is 36.7. The van der Waals surface area contributed by atoms with Crippen LogP contribution in [0, 0.1) is 0 Å². The maximum Gasteiger partial charge on any atom is 0.137 e. The van der Waals surface area contributed by atoms with Crippen LogP contribution >= 0.6 is 0 Å². The van der Waals surface area contributed by atoms with Crippen LogP contribution in [-0.2, 0) is 6.42 Å². The lowest BCUT2D eigenvalue weighted by Crippen LogP contribution is -2.03. The van der Waals surface area contributed by atoms with Gasteiger partial charge in [0.15, 0.2) is 0 Å². The van der Waals surface area contributed by atoms with Crippen LogP contribution in [-0.4, -0.2) is 27.9 Å². The number of hydrogen-bond donors (Lipinski definition) is 0. The van der Waals surface area contributed by atoms with E-state index >= 15 is 0 Å². The van der Waals surface area contributed by atoms with Crippen LogP contribution in [0.4, 0.5) is 0 Å². The highest BCUT2D eigenvalue weighted by Crippen LogP contribution is 2.40. The maximum atomic E-state index is 4.67. The molecule has 1 aliphatic rings. The van der Waals surface area contributed by atoms with Gasteiger partial charge in [0, 0.05) is 87.1 Å². The normalized spacial score (nSPS) is 12.8. The molecule has 0 bridgehead atoms. The summed E-state index contributed by atoms with van der Waals surface area (Å²) in [5, 5.41) is 3.77. The van der Waals surface area contributed by atoms with Gasteiger partial charge in [-0.1, -0.05) is 66.7 Å². The largest absolute Gasteiger partial charge is 0.313 e. The van der Waals surface area contributed by atoms with Gasteiger partial charge in [0.1, 0.15) is 11.3 Å². The van der Waals surface area contributed by atoms with Gasteiger partial charge in [-0.25, -0.2) is 9.97 Å². The van der Waals surface area contributed by atoms with Gasteiger partial charge in [-0.05, 0) is 114 Å².